The summed E-state index contributed by atoms with van der Waals surface area (Å²) in [5, 5.41) is 0. The molecule has 0 aliphatic carbocycles. The topological polar surface area (TPSA) is 102 Å². The number of sulfonamides is 1. The maximum absolute atomic E-state index is 11.5. The van der Waals surface area contributed by atoms with Crippen molar-refractivity contribution in [1.29, 1.82) is 0 Å². The zero-order chi connectivity index (χ0) is 11.5. The van der Waals surface area contributed by atoms with Crippen molar-refractivity contribution in [1.82, 2.24) is 9.71 Å². The second kappa shape index (κ2) is 4.88. The van der Waals surface area contributed by atoms with Crippen molar-refractivity contribution < 1.29 is 13.2 Å². The van der Waals surface area contributed by atoms with Crippen molar-refractivity contribution in [3.05, 3.63) is 10.7 Å². The van der Waals surface area contributed by atoms with Gasteiger partial charge in [-0.2, -0.15) is 0 Å². The van der Waals surface area contributed by atoms with Crippen LogP contribution in [0.4, 0.5) is 0 Å². The van der Waals surface area contributed by atoms with E-state index in [2.05, 4.69) is 9.71 Å². The Kier molecular flexibility index (Phi) is 4.03. The summed E-state index contributed by atoms with van der Waals surface area (Å²) in [6, 6.07) is 0. The second-order valence-corrected chi connectivity index (χ2v) is 6.15. The molecule has 1 aromatic rings. The lowest BCUT2D eigenvalue weighted by molar-refractivity contribution is -0.117. The quantitative estimate of drug-likeness (QED) is 0.782. The Morgan fingerprint density at radius 2 is 2.33 bits per heavy atom. The maximum atomic E-state index is 11.5. The van der Waals surface area contributed by atoms with Crippen molar-refractivity contribution in [2.45, 2.75) is 10.6 Å². The van der Waals surface area contributed by atoms with Gasteiger partial charge in [0.15, 0.2) is 8.68 Å². The molecule has 0 unspecified atom stereocenters. The van der Waals surface area contributed by atoms with E-state index in [1.807, 2.05) is 0 Å². The van der Waals surface area contributed by atoms with Crippen LogP contribution in [0.25, 0.3) is 0 Å². The van der Waals surface area contributed by atoms with Gasteiger partial charge in [-0.25, -0.2) is 18.1 Å². The van der Waals surface area contributed by atoms with E-state index in [-0.39, 0.29) is 21.6 Å². The molecule has 9 heteroatoms. The smallest absolute Gasteiger partial charge is 0.251 e. The molecule has 1 aromatic heterocycles. The van der Waals surface area contributed by atoms with Crippen molar-refractivity contribution in [3.8, 4) is 0 Å². The lowest BCUT2D eigenvalue weighted by Crippen LogP contribution is -2.27. The first-order valence-corrected chi connectivity index (χ1v) is 6.49. The van der Waals surface area contributed by atoms with Crippen LogP contribution in [-0.2, 0) is 14.8 Å². The fourth-order valence-corrected chi connectivity index (χ4v) is 3.11. The van der Waals surface area contributed by atoms with Crippen LogP contribution < -0.4 is 10.5 Å². The number of carbonyl (C=O) groups is 1. The molecular formula is C6H8ClN3O3S2. The largest absolute Gasteiger partial charge is 0.370 e. The summed E-state index contributed by atoms with van der Waals surface area (Å²) in [5.41, 5.74) is 4.86. The summed E-state index contributed by atoms with van der Waals surface area (Å²) in [6.45, 7) is -0.0345. The molecule has 0 aromatic carbocycles. The zero-order valence-electron chi connectivity index (χ0n) is 7.44. The normalized spacial score (nSPS) is 11.5. The first-order valence-electron chi connectivity index (χ1n) is 3.81. The van der Waals surface area contributed by atoms with Gasteiger partial charge in [-0.15, -0.1) is 0 Å². The Labute approximate surface area is 95.5 Å². The SMILES string of the molecule is NC(=O)CCNS(=O)(=O)c1cnc(Cl)s1. The van der Waals surface area contributed by atoms with E-state index in [0.717, 1.165) is 17.5 Å². The number of nitrogens with two attached hydrogens (primary N) is 1. The van der Waals surface area contributed by atoms with Gasteiger partial charge < -0.3 is 5.73 Å². The molecule has 0 radical (unpaired) electrons. The van der Waals surface area contributed by atoms with Crippen LogP contribution in [0.1, 0.15) is 6.42 Å². The van der Waals surface area contributed by atoms with Gasteiger partial charge in [0.1, 0.15) is 0 Å². The molecule has 1 rings (SSSR count). The number of nitrogens with one attached hydrogen (secondary N) is 1. The van der Waals surface area contributed by atoms with E-state index in [9.17, 15) is 13.2 Å². The molecule has 6 nitrogen and oxygen atoms in total. The number of thiazole rings is 1. The first-order chi connectivity index (χ1) is 6.92. The van der Waals surface area contributed by atoms with Crippen molar-refractivity contribution in [2.24, 2.45) is 5.73 Å². The number of aromatic nitrogens is 1. The van der Waals surface area contributed by atoms with Crippen LogP contribution in [0.15, 0.2) is 10.4 Å². The Balaban J connectivity index is 2.64. The minimum absolute atomic E-state index is 0.0111. The number of rotatable bonds is 5. The van der Waals surface area contributed by atoms with Gasteiger partial charge in [-0.3, -0.25) is 4.79 Å². The fraction of sp³-hybridized carbons (Fsp3) is 0.333. The molecule has 3 N–H and O–H groups in total. The minimum atomic E-state index is -3.62. The molecule has 0 saturated heterocycles. The third-order valence-electron chi connectivity index (χ3n) is 1.38. The summed E-state index contributed by atoms with van der Waals surface area (Å²) >= 11 is 6.33. The average Bonchev–Trinajstić information content (AvgIpc) is 2.51. The first kappa shape index (κ1) is 12.4. The Morgan fingerprint density at radius 3 is 2.80 bits per heavy atom. The van der Waals surface area contributed by atoms with Crippen LogP contribution in [-0.4, -0.2) is 25.9 Å². The average molecular weight is 270 g/mol. The summed E-state index contributed by atoms with van der Waals surface area (Å²) in [4.78, 5) is 14.0. The summed E-state index contributed by atoms with van der Waals surface area (Å²) in [7, 11) is -3.62. The lowest BCUT2D eigenvalue weighted by atomic mass is 10.4. The van der Waals surface area contributed by atoms with Crippen LogP contribution in [0.3, 0.4) is 0 Å². The number of primary amides is 1. The van der Waals surface area contributed by atoms with Crippen molar-refractivity contribution >= 4 is 38.9 Å². The summed E-state index contributed by atoms with van der Waals surface area (Å²) in [6.07, 6.45) is 1.10. The molecular weight excluding hydrogens is 262 g/mol. The van der Waals surface area contributed by atoms with Gasteiger partial charge in [0.25, 0.3) is 10.0 Å². The van der Waals surface area contributed by atoms with E-state index in [0.29, 0.717) is 0 Å². The molecule has 1 amide bonds. The standard InChI is InChI=1S/C6H8ClN3O3S2/c7-6-9-3-5(14-6)15(12,13)10-2-1-4(8)11/h3,10H,1-2H2,(H2,8,11). The summed E-state index contributed by atoms with van der Waals surface area (Å²) < 4.78 is 25.3. The monoisotopic (exact) mass is 269 g/mol. The zero-order valence-corrected chi connectivity index (χ0v) is 9.82. The number of halogens is 1. The fourth-order valence-electron chi connectivity index (χ4n) is 0.743. The summed E-state index contributed by atoms with van der Waals surface area (Å²) in [5.74, 6) is -0.569. The van der Waals surface area contributed by atoms with Crippen LogP contribution >= 0.6 is 22.9 Å². The molecule has 0 atom stereocenters. The van der Waals surface area contributed by atoms with Crippen LogP contribution in [0, 0.1) is 0 Å². The number of amides is 1. The molecule has 0 bridgehead atoms. The van der Waals surface area contributed by atoms with Gasteiger partial charge in [-0.05, 0) is 0 Å². The third kappa shape index (κ3) is 3.74. The highest BCUT2D eigenvalue weighted by Gasteiger charge is 2.16. The number of hydrogen-bond donors (Lipinski definition) is 2. The predicted molar refractivity (Wildman–Crippen MR) is 56.1 cm³/mol. The molecule has 0 fully saturated rings. The highest BCUT2D eigenvalue weighted by molar-refractivity contribution is 7.91. The van der Waals surface area contributed by atoms with Crippen LogP contribution in [0.5, 0.6) is 0 Å². The molecule has 0 saturated carbocycles. The predicted octanol–water partition coefficient (Wildman–Crippen LogP) is -0.0498. The molecule has 0 aliphatic rings. The van der Waals surface area contributed by atoms with E-state index >= 15 is 0 Å². The van der Waals surface area contributed by atoms with E-state index < -0.39 is 15.9 Å². The lowest BCUT2D eigenvalue weighted by Gasteiger charge is -2.01. The van der Waals surface area contributed by atoms with E-state index in [1.54, 1.807) is 0 Å². The van der Waals surface area contributed by atoms with Gasteiger partial charge in [0.05, 0.1) is 6.20 Å². The van der Waals surface area contributed by atoms with Crippen LogP contribution in [0.2, 0.25) is 4.47 Å². The Bertz CT molecular complexity index is 456. The second-order valence-electron chi connectivity index (χ2n) is 2.55. The molecule has 84 valence electrons. The van der Waals surface area contributed by atoms with Crippen molar-refractivity contribution in [2.75, 3.05) is 6.54 Å². The van der Waals surface area contributed by atoms with Crippen molar-refractivity contribution in [3.63, 3.8) is 0 Å². The van der Waals surface area contributed by atoms with Gasteiger partial charge in [0, 0.05) is 13.0 Å². The van der Waals surface area contributed by atoms with Gasteiger partial charge >= 0.3 is 0 Å². The maximum Gasteiger partial charge on any atom is 0.251 e. The molecule has 1 heterocycles. The number of hydrogen-bond acceptors (Lipinski definition) is 5. The molecule has 15 heavy (non-hydrogen) atoms. The molecule has 0 spiro atoms. The highest BCUT2D eigenvalue weighted by Crippen LogP contribution is 2.21. The molecule has 0 aliphatic heterocycles. The van der Waals surface area contributed by atoms with Gasteiger partial charge in [-0.1, -0.05) is 22.9 Å². The minimum Gasteiger partial charge on any atom is -0.370 e. The number of nitrogens with zero attached hydrogens (tertiary/aromatic N) is 1. The highest BCUT2D eigenvalue weighted by atomic mass is 35.5. The van der Waals surface area contributed by atoms with E-state index in [1.165, 1.54) is 0 Å². The Morgan fingerprint density at radius 1 is 1.67 bits per heavy atom. The van der Waals surface area contributed by atoms with Gasteiger partial charge in [0.2, 0.25) is 5.91 Å². The third-order valence-corrected chi connectivity index (χ3v) is 4.42. The van der Waals surface area contributed by atoms with E-state index in [4.69, 9.17) is 17.3 Å². The number of carbonyl (C=O) groups excluding carboxylic acids is 1. The Hall–Kier alpha value is -0.700.